The Hall–Kier alpha value is -1.49. The minimum absolute atomic E-state index is 0.200. The first-order chi connectivity index (χ1) is 10.7. The van der Waals surface area contributed by atoms with Crippen LogP contribution in [0.2, 0.25) is 0 Å². The molecule has 0 unspecified atom stereocenters. The zero-order valence-electron chi connectivity index (χ0n) is 13.9. The van der Waals surface area contributed by atoms with Gasteiger partial charge in [-0.1, -0.05) is 26.2 Å². The number of unbranched alkanes of at least 4 members (excludes halogenated alkanes) is 2. The minimum Gasteiger partial charge on any atom is -0.338 e. The summed E-state index contributed by atoms with van der Waals surface area (Å²) in [5.74, 6) is 1.35. The maximum atomic E-state index is 11.8. The maximum absolute atomic E-state index is 11.8. The molecular formula is C17H28N4O. The largest absolute Gasteiger partial charge is 0.338 e. The Morgan fingerprint density at radius 2 is 1.86 bits per heavy atom. The Balaban J connectivity index is 1.79. The van der Waals surface area contributed by atoms with Gasteiger partial charge in [0, 0.05) is 51.0 Å². The molecule has 2 rings (SSSR count). The van der Waals surface area contributed by atoms with E-state index >= 15 is 0 Å². The highest BCUT2D eigenvalue weighted by molar-refractivity contribution is 5.78. The Morgan fingerprint density at radius 1 is 1.18 bits per heavy atom. The van der Waals surface area contributed by atoms with Gasteiger partial charge in [0.2, 0.25) is 5.95 Å². The Morgan fingerprint density at radius 3 is 2.45 bits per heavy atom. The van der Waals surface area contributed by atoms with Crippen molar-refractivity contribution in [1.82, 2.24) is 14.9 Å². The second-order valence-electron chi connectivity index (χ2n) is 6.14. The number of rotatable bonds is 8. The molecule has 1 aromatic rings. The van der Waals surface area contributed by atoms with Crippen LogP contribution in [0, 0.1) is 5.92 Å². The molecular weight excluding hydrogens is 276 g/mol. The van der Waals surface area contributed by atoms with Gasteiger partial charge in [-0.3, -0.25) is 9.69 Å². The molecule has 1 saturated heterocycles. The number of ketones is 1. The monoisotopic (exact) mass is 304 g/mol. The fourth-order valence-electron chi connectivity index (χ4n) is 2.96. The van der Waals surface area contributed by atoms with Gasteiger partial charge >= 0.3 is 0 Å². The number of carbonyl (C=O) groups is 1. The van der Waals surface area contributed by atoms with Gasteiger partial charge in [0.1, 0.15) is 5.78 Å². The third-order valence-electron chi connectivity index (χ3n) is 4.42. The molecule has 122 valence electrons. The highest BCUT2D eigenvalue weighted by Gasteiger charge is 2.23. The average molecular weight is 304 g/mol. The van der Waals surface area contributed by atoms with Crippen molar-refractivity contribution < 1.29 is 4.79 Å². The number of hydrogen-bond donors (Lipinski definition) is 0. The molecule has 5 heteroatoms. The van der Waals surface area contributed by atoms with Crippen molar-refractivity contribution in [3.05, 3.63) is 18.5 Å². The van der Waals surface area contributed by atoms with Crippen molar-refractivity contribution in [3.8, 4) is 0 Å². The fourth-order valence-corrected chi connectivity index (χ4v) is 2.96. The van der Waals surface area contributed by atoms with Gasteiger partial charge in [-0.05, 0) is 19.4 Å². The fraction of sp³-hybridized carbons (Fsp3) is 0.706. The average Bonchev–Trinajstić information content (AvgIpc) is 2.55. The number of Topliss-reactive ketones (excluding diaryl/α,β-unsaturated/α-hetero) is 1. The lowest BCUT2D eigenvalue weighted by Gasteiger charge is -2.36. The smallest absolute Gasteiger partial charge is 0.225 e. The van der Waals surface area contributed by atoms with Crippen LogP contribution in [0.5, 0.6) is 0 Å². The number of nitrogens with zero attached hydrogens (tertiary/aromatic N) is 4. The van der Waals surface area contributed by atoms with E-state index in [-0.39, 0.29) is 5.92 Å². The molecule has 2 heterocycles. The summed E-state index contributed by atoms with van der Waals surface area (Å²) in [6.07, 6.45) is 8.20. The molecule has 5 nitrogen and oxygen atoms in total. The van der Waals surface area contributed by atoms with E-state index in [1.165, 1.54) is 19.3 Å². The lowest BCUT2D eigenvalue weighted by atomic mass is 9.96. The maximum Gasteiger partial charge on any atom is 0.225 e. The van der Waals surface area contributed by atoms with Gasteiger partial charge in [-0.2, -0.15) is 0 Å². The van der Waals surface area contributed by atoms with Crippen LogP contribution in [-0.4, -0.2) is 53.4 Å². The van der Waals surface area contributed by atoms with Crippen LogP contribution in [0.25, 0.3) is 0 Å². The lowest BCUT2D eigenvalue weighted by molar-refractivity contribution is -0.121. The van der Waals surface area contributed by atoms with Gasteiger partial charge in [-0.25, -0.2) is 9.97 Å². The van der Waals surface area contributed by atoms with Crippen molar-refractivity contribution in [1.29, 1.82) is 0 Å². The summed E-state index contributed by atoms with van der Waals surface area (Å²) in [7, 11) is 0. The molecule has 0 saturated carbocycles. The van der Waals surface area contributed by atoms with Crippen LogP contribution in [0.1, 0.15) is 39.5 Å². The Kier molecular flexibility index (Phi) is 6.77. The molecule has 1 atom stereocenters. The van der Waals surface area contributed by atoms with E-state index in [1.54, 1.807) is 19.3 Å². The van der Waals surface area contributed by atoms with Crippen molar-refractivity contribution in [2.24, 2.45) is 5.92 Å². The predicted octanol–water partition coefficient (Wildman–Crippen LogP) is 2.38. The molecule has 0 spiro atoms. The summed E-state index contributed by atoms with van der Waals surface area (Å²) in [4.78, 5) is 25.1. The molecule has 1 fully saturated rings. The van der Waals surface area contributed by atoms with Gasteiger partial charge in [0.05, 0.1) is 0 Å². The van der Waals surface area contributed by atoms with Crippen molar-refractivity contribution in [3.63, 3.8) is 0 Å². The highest BCUT2D eigenvalue weighted by atomic mass is 16.1. The first kappa shape index (κ1) is 16.9. The van der Waals surface area contributed by atoms with Crippen LogP contribution in [0.15, 0.2) is 18.5 Å². The van der Waals surface area contributed by atoms with E-state index in [1.807, 2.05) is 6.07 Å². The van der Waals surface area contributed by atoms with Crippen LogP contribution < -0.4 is 4.90 Å². The second-order valence-corrected chi connectivity index (χ2v) is 6.14. The summed E-state index contributed by atoms with van der Waals surface area (Å²) >= 11 is 0. The number of anilines is 1. The predicted molar refractivity (Wildman–Crippen MR) is 89.0 cm³/mol. The first-order valence-corrected chi connectivity index (χ1v) is 8.45. The van der Waals surface area contributed by atoms with Crippen molar-refractivity contribution in [2.75, 3.05) is 37.6 Å². The molecule has 0 aromatic carbocycles. The second kappa shape index (κ2) is 8.83. The number of piperazine rings is 1. The molecule has 0 bridgehead atoms. The minimum atomic E-state index is 0.200. The summed E-state index contributed by atoms with van der Waals surface area (Å²) in [6, 6.07) is 1.84. The molecule has 1 aromatic heterocycles. The van der Waals surface area contributed by atoms with E-state index in [9.17, 15) is 4.79 Å². The Bertz CT molecular complexity index is 443. The zero-order valence-corrected chi connectivity index (χ0v) is 13.9. The standard InChI is InChI=1S/C17H28N4O/c1-3-4-5-7-16(15(2)22)14-20-10-12-21(13-11-20)17-18-8-6-9-19-17/h6,8-9,16H,3-5,7,10-14H2,1-2H3/t16-/m1/s1. The third-order valence-corrected chi connectivity index (χ3v) is 4.42. The number of carbonyl (C=O) groups excluding carboxylic acids is 1. The summed E-state index contributed by atoms with van der Waals surface area (Å²) in [5.41, 5.74) is 0. The Labute approximate surface area is 133 Å². The number of hydrogen-bond acceptors (Lipinski definition) is 5. The highest BCUT2D eigenvalue weighted by Crippen LogP contribution is 2.16. The lowest BCUT2D eigenvalue weighted by Crippen LogP contribution is -2.48. The van der Waals surface area contributed by atoms with Crippen LogP contribution in [-0.2, 0) is 4.79 Å². The first-order valence-electron chi connectivity index (χ1n) is 8.45. The molecule has 0 amide bonds. The van der Waals surface area contributed by atoms with Gasteiger partial charge in [0.15, 0.2) is 0 Å². The van der Waals surface area contributed by atoms with E-state index in [4.69, 9.17) is 0 Å². The quantitative estimate of drug-likeness (QED) is 0.690. The van der Waals surface area contributed by atoms with E-state index in [0.717, 1.165) is 45.1 Å². The molecule has 0 N–H and O–H groups in total. The van der Waals surface area contributed by atoms with E-state index < -0.39 is 0 Å². The molecule has 22 heavy (non-hydrogen) atoms. The molecule has 1 aliphatic rings. The van der Waals surface area contributed by atoms with Gasteiger partial charge in [0.25, 0.3) is 0 Å². The van der Waals surface area contributed by atoms with Gasteiger partial charge < -0.3 is 4.90 Å². The zero-order chi connectivity index (χ0) is 15.8. The normalized spacial score (nSPS) is 17.5. The summed E-state index contributed by atoms with van der Waals surface area (Å²) < 4.78 is 0. The van der Waals surface area contributed by atoms with Crippen molar-refractivity contribution >= 4 is 11.7 Å². The topological polar surface area (TPSA) is 49.3 Å². The van der Waals surface area contributed by atoms with Crippen LogP contribution in [0.3, 0.4) is 0 Å². The molecule has 0 aliphatic carbocycles. The van der Waals surface area contributed by atoms with Crippen LogP contribution >= 0.6 is 0 Å². The number of aromatic nitrogens is 2. The summed E-state index contributed by atoms with van der Waals surface area (Å²) in [6.45, 7) is 8.68. The van der Waals surface area contributed by atoms with Crippen LogP contribution in [0.4, 0.5) is 5.95 Å². The van der Waals surface area contributed by atoms with E-state index in [2.05, 4.69) is 26.7 Å². The molecule has 1 aliphatic heterocycles. The van der Waals surface area contributed by atoms with E-state index in [0.29, 0.717) is 5.78 Å². The van der Waals surface area contributed by atoms with Crippen molar-refractivity contribution in [2.45, 2.75) is 39.5 Å². The molecule has 0 radical (unpaired) electrons. The van der Waals surface area contributed by atoms with Gasteiger partial charge in [-0.15, -0.1) is 0 Å². The SMILES string of the molecule is CCCCC[C@H](CN1CCN(c2ncccn2)CC1)C(C)=O. The summed E-state index contributed by atoms with van der Waals surface area (Å²) in [5, 5.41) is 0. The third kappa shape index (κ3) is 5.05.